The van der Waals surface area contributed by atoms with Crippen molar-refractivity contribution >= 4 is 21.6 Å². The Hall–Kier alpha value is -0.930. The molecule has 0 amide bonds. The number of rotatable bonds is 3. The van der Waals surface area contributed by atoms with E-state index in [-0.39, 0.29) is 6.04 Å². The number of hydrogen-bond acceptors (Lipinski definition) is 3. The Balaban J connectivity index is 2.37. The molecule has 1 aromatic heterocycles. The summed E-state index contributed by atoms with van der Waals surface area (Å²) in [5, 5.41) is 1.21. The minimum absolute atomic E-state index is 0.215. The zero-order valence-electron chi connectivity index (χ0n) is 9.16. The van der Waals surface area contributed by atoms with E-state index in [1.54, 1.807) is 11.3 Å². The van der Waals surface area contributed by atoms with Gasteiger partial charge in [0.05, 0.1) is 15.2 Å². The maximum atomic E-state index is 5.78. The Kier molecular flexibility index (Phi) is 3.03. The average Bonchev–Trinajstić information content (AvgIpc) is 2.58. The van der Waals surface area contributed by atoms with E-state index in [0.717, 1.165) is 18.4 Å². The first kappa shape index (κ1) is 10.6. The van der Waals surface area contributed by atoms with Gasteiger partial charge in [0.1, 0.15) is 0 Å². The molecule has 2 aromatic rings. The average molecular weight is 220 g/mol. The molecule has 0 bridgehead atoms. The van der Waals surface area contributed by atoms with Crippen LogP contribution in [0.25, 0.3) is 10.2 Å². The van der Waals surface area contributed by atoms with Crippen molar-refractivity contribution in [3.63, 3.8) is 0 Å². The highest BCUT2D eigenvalue weighted by Gasteiger charge is 2.04. The minimum Gasteiger partial charge on any atom is -0.328 e. The second kappa shape index (κ2) is 4.29. The second-order valence-corrected chi connectivity index (χ2v) is 5.06. The predicted octanol–water partition coefficient (Wildman–Crippen LogP) is 2.75. The van der Waals surface area contributed by atoms with Gasteiger partial charge in [-0.3, -0.25) is 0 Å². The number of hydrogen-bond donors (Lipinski definition) is 1. The van der Waals surface area contributed by atoms with E-state index in [1.165, 1.54) is 15.3 Å². The van der Waals surface area contributed by atoms with Gasteiger partial charge in [-0.2, -0.15) is 0 Å². The van der Waals surface area contributed by atoms with Crippen LogP contribution in [0.4, 0.5) is 0 Å². The number of aryl methyl sites for hydroxylation is 1. The molecule has 0 saturated heterocycles. The van der Waals surface area contributed by atoms with Gasteiger partial charge in [-0.15, -0.1) is 11.3 Å². The molecule has 3 heteroatoms. The van der Waals surface area contributed by atoms with Crippen LogP contribution >= 0.6 is 11.3 Å². The van der Waals surface area contributed by atoms with Crippen LogP contribution in [0.15, 0.2) is 18.2 Å². The summed E-state index contributed by atoms with van der Waals surface area (Å²) >= 11 is 1.78. The Morgan fingerprint density at radius 3 is 2.93 bits per heavy atom. The van der Waals surface area contributed by atoms with Gasteiger partial charge in [0.2, 0.25) is 0 Å². The van der Waals surface area contributed by atoms with Gasteiger partial charge in [0.25, 0.3) is 0 Å². The van der Waals surface area contributed by atoms with Crippen molar-refractivity contribution in [3.8, 4) is 0 Å². The van der Waals surface area contributed by atoms with E-state index in [0.29, 0.717) is 0 Å². The van der Waals surface area contributed by atoms with Crippen molar-refractivity contribution in [2.75, 3.05) is 0 Å². The number of fused-ring (bicyclic) bond motifs is 1. The molecule has 1 unspecified atom stereocenters. The van der Waals surface area contributed by atoms with E-state index >= 15 is 0 Å². The summed E-state index contributed by atoms with van der Waals surface area (Å²) in [6, 6.07) is 6.69. The van der Waals surface area contributed by atoms with E-state index < -0.39 is 0 Å². The first-order valence-corrected chi connectivity index (χ1v) is 6.14. The van der Waals surface area contributed by atoms with Crippen molar-refractivity contribution in [2.45, 2.75) is 32.7 Å². The third kappa shape index (κ3) is 2.36. The molecule has 2 rings (SSSR count). The molecular weight excluding hydrogens is 204 g/mol. The van der Waals surface area contributed by atoms with Crippen molar-refractivity contribution < 1.29 is 0 Å². The van der Waals surface area contributed by atoms with Gasteiger partial charge in [0.15, 0.2) is 0 Å². The molecule has 0 aliphatic carbocycles. The fraction of sp³-hybridized carbons (Fsp3) is 0.417. The Morgan fingerprint density at radius 2 is 2.27 bits per heavy atom. The van der Waals surface area contributed by atoms with Crippen LogP contribution in [0.1, 0.15) is 24.4 Å². The number of aromatic nitrogens is 1. The van der Waals surface area contributed by atoms with Gasteiger partial charge in [0, 0.05) is 6.04 Å². The number of nitrogens with zero attached hydrogens (tertiary/aromatic N) is 1. The molecule has 80 valence electrons. The molecule has 0 fully saturated rings. The quantitative estimate of drug-likeness (QED) is 0.863. The summed E-state index contributed by atoms with van der Waals surface area (Å²) in [4.78, 5) is 4.58. The Labute approximate surface area is 94.1 Å². The highest BCUT2D eigenvalue weighted by Crippen LogP contribution is 2.23. The molecule has 0 saturated carbocycles. The predicted molar refractivity (Wildman–Crippen MR) is 66.4 cm³/mol. The molecule has 0 aliphatic heterocycles. The lowest BCUT2D eigenvalue weighted by molar-refractivity contribution is 0.739. The molecule has 2 N–H and O–H groups in total. The zero-order valence-corrected chi connectivity index (χ0v) is 9.97. The largest absolute Gasteiger partial charge is 0.328 e. The maximum absolute atomic E-state index is 5.78. The van der Waals surface area contributed by atoms with Gasteiger partial charge < -0.3 is 5.73 Å². The standard InChI is InChI=1S/C12H16N2S/c1-3-12-14-10-7-9(6-8(2)13)4-5-11(10)15-12/h4-5,7-8H,3,6,13H2,1-2H3. The molecular formula is C12H16N2S. The lowest BCUT2D eigenvalue weighted by Gasteiger charge is -2.03. The highest BCUT2D eigenvalue weighted by molar-refractivity contribution is 7.18. The van der Waals surface area contributed by atoms with Crippen molar-refractivity contribution in [3.05, 3.63) is 28.8 Å². The molecule has 15 heavy (non-hydrogen) atoms. The van der Waals surface area contributed by atoms with Gasteiger partial charge >= 0.3 is 0 Å². The van der Waals surface area contributed by atoms with Crippen molar-refractivity contribution in [1.29, 1.82) is 0 Å². The van der Waals surface area contributed by atoms with Crippen LogP contribution in [-0.2, 0) is 12.8 Å². The van der Waals surface area contributed by atoms with E-state index in [1.807, 2.05) is 6.92 Å². The summed E-state index contributed by atoms with van der Waals surface area (Å²) < 4.78 is 1.28. The molecule has 1 atom stereocenters. The third-order valence-electron chi connectivity index (χ3n) is 2.36. The van der Waals surface area contributed by atoms with E-state index in [4.69, 9.17) is 5.73 Å². The first-order valence-electron chi connectivity index (χ1n) is 5.33. The van der Waals surface area contributed by atoms with Crippen molar-refractivity contribution in [2.24, 2.45) is 5.73 Å². The SMILES string of the molecule is CCc1nc2cc(CC(C)N)ccc2s1. The monoisotopic (exact) mass is 220 g/mol. The summed E-state index contributed by atoms with van der Waals surface area (Å²) in [6.07, 6.45) is 1.94. The minimum atomic E-state index is 0.215. The topological polar surface area (TPSA) is 38.9 Å². The molecule has 1 heterocycles. The molecule has 2 nitrogen and oxygen atoms in total. The van der Waals surface area contributed by atoms with Crippen LogP contribution in [0.3, 0.4) is 0 Å². The number of benzene rings is 1. The van der Waals surface area contributed by atoms with Gasteiger partial charge in [-0.05, 0) is 37.5 Å². The zero-order chi connectivity index (χ0) is 10.8. The number of thiazole rings is 1. The molecule has 0 aliphatic rings. The lowest BCUT2D eigenvalue weighted by Crippen LogP contribution is -2.17. The summed E-state index contributed by atoms with van der Waals surface area (Å²) in [7, 11) is 0. The van der Waals surface area contributed by atoms with E-state index in [9.17, 15) is 0 Å². The fourth-order valence-electron chi connectivity index (χ4n) is 1.67. The van der Waals surface area contributed by atoms with Gasteiger partial charge in [-0.25, -0.2) is 4.98 Å². The highest BCUT2D eigenvalue weighted by atomic mass is 32.1. The normalized spacial score (nSPS) is 13.3. The summed E-state index contributed by atoms with van der Waals surface area (Å²) in [5.74, 6) is 0. The molecule has 0 spiro atoms. The fourth-order valence-corrected chi connectivity index (χ4v) is 2.56. The van der Waals surface area contributed by atoms with Gasteiger partial charge in [-0.1, -0.05) is 13.0 Å². The van der Waals surface area contributed by atoms with Crippen LogP contribution in [0.2, 0.25) is 0 Å². The summed E-state index contributed by atoms with van der Waals surface area (Å²) in [5.41, 5.74) is 8.19. The Morgan fingerprint density at radius 1 is 1.47 bits per heavy atom. The van der Waals surface area contributed by atoms with Crippen LogP contribution in [0, 0.1) is 0 Å². The van der Waals surface area contributed by atoms with Crippen LogP contribution in [-0.4, -0.2) is 11.0 Å². The number of nitrogens with two attached hydrogens (primary N) is 1. The second-order valence-electron chi connectivity index (χ2n) is 3.94. The maximum Gasteiger partial charge on any atom is 0.0935 e. The Bertz CT molecular complexity index is 460. The van der Waals surface area contributed by atoms with Crippen LogP contribution in [0.5, 0.6) is 0 Å². The first-order chi connectivity index (χ1) is 7.19. The molecule has 0 radical (unpaired) electrons. The van der Waals surface area contributed by atoms with Crippen molar-refractivity contribution in [1.82, 2.24) is 4.98 Å². The summed E-state index contributed by atoms with van der Waals surface area (Å²) in [6.45, 7) is 4.17. The smallest absolute Gasteiger partial charge is 0.0935 e. The lowest BCUT2D eigenvalue weighted by atomic mass is 10.1. The third-order valence-corrected chi connectivity index (χ3v) is 3.54. The van der Waals surface area contributed by atoms with E-state index in [2.05, 4.69) is 30.1 Å². The van der Waals surface area contributed by atoms with Crippen LogP contribution < -0.4 is 5.73 Å². The molecule has 1 aromatic carbocycles.